The molecule has 134 valence electrons. The third-order valence-corrected chi connectivity index (χ3v) is 5.45. The fourth-order valence-electron chi connectivity index (χ4n) is 4.07. The molecule has 3 atom stereocenters. The lowest BCUT2D eigenvalue weighted by molar-refractivity contribution is 0.0780. The van der Waals surface area contributed by atoms with Gasteiger partial charge in [0.05, 0.1) is 24.6 Å². The number of H-pyrrole nitrogens is 1. The van der Waals surface area contributed by atoms with Crippen LogP contribution in [0.4, 0.5) is 0 Å². The van der Waals surface area contributed by atoms with Crippen molar-refractivity contribution in [2.45, 2.75) is 18.9 Å². The van der Waals surface area contributed by atoms with E-state index in [1.165, 1.54) is 0 Å². The van der Waals surface area contributed by atoms with Gasteiger partial charge in [-0.1, -0.05) is 0 Å². The lowest BCUT2D eigenvalue weighted by Gasteiger charge is -2.18. The quantitative estimate of drug-likeness (QED) is 0.877. The Labute approximate surface area is 153 Å². The van der Waals surface area contributed by atoms with Crippen LogP contribution in [-0.4, -0.2) is 47.2 Å². The van der Waals surface area contributed by atoms with E-state index >= 15 is 0 Å². The van der Waals surface area contributed by atoms with Gasteiger partial charge in [0, 0.05) is 24.7 Å². The Morgan fingerprint density at radius 2 is 2.04 bits per heavy atom. The maximum absolute atomic E-state index is 13.0. The minimum Gasteiger partial charge on any atom is -0.497 e. The highest BCUT2D eigenvalue weighted by molar-refractivity contribution is 6.00. The van der Waals surface area contributed by atoms with Crippen LogP contribution < -0.4 is 10.5 Å². The summed E-state index contributed by atoms with van der Waals surface area (Å²) in [5.74, 6) is 1.83. The van der Waals surface area contributed by atoms with Gasteiger partial charge in [-0.3, -0.25) is 9.89 Å². The average Bonchev–Trinajstić information content (AvgIpc) is 3.32. The van der Waals surface area contributed by atoms with E-state index in [1.807, 2.05) is 29.2 Å². The number of carbonyl (C=O) groups excluding carboxylic acids is 1. The van der Waals surface area contributed by atoms with Crippen LogP contribution in [0.5, 0.6) is 5.75 Å². The predicted octanol–water partition coefficient (Wildman–Crippen LogP) is 2.32. The lowest BCUT2D eigenvalue weighted by atomic mass is 9.98. The summed E-state index contributed by atoms with van der Waals surface area (Å²) >= 11 is 0. The molecule has 3 N–H and O–H groups in total. The molecule has 6 nitrogen and oxygen atoms in total. The van der Waals surface area contributed by atoms with Crippen LogP contribution >= 0.6 is 12.4 Å². The van der Waals surface area contributed by atoms with E-state index in [9.17, 15) is 4.79 Å². The molecule has 3 unspecified atom stereocenters. The molecular weight excluding hydrogens is 340 g/mol. The number of halogens is 1. The van der Waals surface area contributed by atoms with Gasteiger partial charge in [0.15, 0.2) is 0 Å². The summed E-state index contributed by atoms with van der Waals surface area (Å²) in [5, 5.41) is 7.05. The summed E-state index contributed by atoms with van der Waals surface area (Å²) < 4.78 is 5.19. The maximum atomic E-state index is 13.0. The molecule has 1 aromatic carbocycles. The van der Waals surface area contributed by atoms with E-state index in [1.54, 1.807) is 13.3 Å². The second-order valence-corrected chi connectivity index (χ2v) is 6.76. The van der Waals surface area contributed by atoms with E-state index in [0.29, 0.717) is 17.4 Å². The number of methoxy groups -OCH3 is 1. The number of likely N-dealkylation sites (tertiary alicyclic amines) is 1. The number of nitrogens with one attached hydrogen (secondary N) is 1. The zero-order chi connectivity index (χ0) is 16.7. The molecule has 0 bridgehead atoms. The van der Waals surface area contributed by atoms with Gasteiger partial charge in [-0.25, -0.2) is 0 Å². The zero-order valence-electron chi connectivity index (χ0n) is 14.1. The van der Waals surface area contributed by atoms with Crippen molar-refractivity contribution >= 4 is 18.3 Å². The van der Waals surface area contributed by atoms with E-state index in [-0.39, 0.29) is 24.4 Å². The Bertz CT molecular complexity index is 746. The summed E-state index contributed by atoms with van der Waals surface area (Å²) in [4.78, 5) is 14.9. The van der Waals surface area contributed by atoms with Crippen LogP contribution in [-0.2, 0) is 0 Å². The van der Waals surface area contributed by atoms with Crippen molar-refractivity contribution in [2.24, 2.45) is 17.6 Å². The number of nitrogens with zero attached hydrogens (tertiary/aromatic N) is 2. The zero-order valence-corrected chi connectivity index (χ0v) is 15.0. The van der Waals surface area contributed by atoms with Crippen molar-refractivity contribution in [1.29, 1.82) is 0 Å². The van der Waals surface area contributed by atoms with Crippen molar-refractivity contribution in [3.05, 3.63) is 36.0 Å². The molecule has 1 aliphatic heterocycles. The molecule has 7 heteroatoms. The molecule has 2 aromatic rings. The Kier molecular flexibility index (Phi) is 5.01. The van der Waals surface area contributed by atoms with Gasteiger partial charge in [0.1, 0.15) is 5.75 Å². The van der Waals surface area contributed by atoms with Crippen LogP contribution in [0.1, 0.15) is 23.2 Å². The first-order chi connectivity index (χ1) is 11.7. The van der Waals surface area contributed by atoms with E-state index in [4.69, 9.17) is 10.5 Å². The van der Waals surface area contributed by atoms with Gasteiger partial charge in [0.2, 0.25) is 0 Å². The largest absolute Gasteiger partial charge is 0.497 e. The molecule has 1 saturated carbocycles. The van der Waals surface area contributed by atoms with Crippen LogP contribution in [0.2, 0.25) is 0 Å². The minimum absolute atomic E-state index is 0. The normalized spacial score (nSPS) is 24.7. The average molecular weight is 363 g/mol. The first-order valence-electron chi connectivity index (χ1n) is 8.40. The molecule has 1 aromatic heterocycles. The first kappa shape index (κ1) is 17.8. The number of amides is 1. The fraction of sp³-hybridized carbons (Fsp3) is 0.444. The summed E-state index contributed by atoms with van der Waals surface area (Å²) in [5.41, 5.74) is 8.48. The maximum Gasteiger partial charge on any atom is 0.257 e. The van der Waals surface area contributed by atoms with Crippen LogP contribution in [0, 0.1) is 11.8 Å². The van der Waals surface area contributed by atoms with Crippen molar-refractivity contribution in [2.75, 3.05) is 20.2 Å². The second kappa shape index (κ2) is 7.06. The van der Waals surface area contributed by atoms with Crippen molar-refractivity contribution in [1.82, 2.24) is 15.1 Å². The molecular formula is C18H23ClN4O2. The number of hydrogen-bond acceptors (Lipinski definition) is 4. The highest BCUT2D eigenvalue weighted by Gasteiger charge is 2.43. The number of aromatic nitrogens is 2. The molecule has 1 amide bonds. The number of rotatable bonds is 3. The number of nitrogens with two attached hydrogens (primary N) is 1. The third-order valence-electron chi connectivity index (χ3n) is 5.45. The standard InChI is InChI=1S/C18H22N4O2.ClH/c1-24-13-5-2-11(3-6-13)17-14(8-20-21-17)18(23)22-9-12-4-7-16(19)15(12)10-22;/h2-3,5-6,8,12,15-16H,4,7,9-10,19H2,1H3,(H,20,21);1H. The van der Waals surface area contributed by atoms with Gasteiger partial charge >= 0.3 is 0 Å². The first-order valence-corrected chi connectivity index (χ1v) is 8.40. The summed E-state index contributed by atoms with van der Waals surface area (Å²) in [6.45, 7) is 1.57. The number of carbonyl (C=O) groups is 1. The van der Waals surface area contributed by atoms with Crippen molar-refractivity contribution in [3.8, 4) is 17.0 Å². The van der Waals surface area contributed by atoms with Gasteiger partial charge in [-0.15, -0.1) is 12.4 Å². The van der Waals surface area contributed by atoms with Crippen molar-refractivity contribution in [3.63, 3.8) is 0 Å². The molecule has 1 saturated heterocycles. The van der Waals surface area contributed by atoms with Gasteiger partial charge in [-0.2, -0.15) is 5.10 Å². The Morgan fingerprint density at radius 3 is 2.72 bits per heavy atom. The van der Waals surface area contributed by atoms with Crippen LogP contribution in [0.3, 0.4) is 0 Å². The Balaban J connectivity index is 0.00000182. The molecule has 1 aliphatic carbocycles. The molecule has 0 spiro atoms. The van der Waals surface area contributed by atoms with Crippen molar-refractivity contribution < 1.29 is 9.53 Å². The molecule has 4 rings (SSSR count). The molecule has 2 fully saturated rings. The Hall–Kier alpha value is -2.05. The van der Waals surface area contributed by atoms with E-state index in [0.717, 1.165) is 42.9 Å². The minimum atomic E-state index is 0. The molecule has 25 heavy (non-hydrogen) atoms. The fourth-order valence-corrected chi connectivity index (χ4v) is 4.07. The SMILES string of the molecule is COc1ccc(-c2[nH]ncc2C(=O)N2CC3CCC(N)C3C2)cc1.Cl. The molecule has 2 heterocycles. The monoisotopic (exact) mass is 362 g/mol. The smallest absolute Gasteiger partial charge is 0.257 e. The molecule has 2 aliphatic rings. The predicted molar refractivity (Wildman–Crippen MR) is 97.9 cm³/mol. The topological polar surface area (TPSA) is 84.2 Å². The number of aromatic amines is 1. The summed E-state index contributed by atoms with van der Waals surface area (Å²) in [7, 11) is 1.63. The summed E-state index contributed by atoms with van der Waals surface area (Å²) in [6.07, 6.45) is 3.84. The Morgan fingerprint density at radius 1 is 1.28 bits per heavy atom. The number of fused-ring (bicyclic) bond motifs is 1. The highest BCUT2D eigenvalue weighted by atomic mass is 35.5. The van der Waals surface area contributed by atoms with Crippen LogP contribution in [0.15, 0.2) is 30.5 Å². The highest BCUT2D eigenvalue weighted by Crippen LogP contribution is 2.38. The van der Waals surface area contributed by atoms with Gasteiger partial charge in [0.25, 0.3) is 5.91 Å². The van der Waals surface area contributed by atoms with E-state index < -0.39 is 0 Å². The second-order valence-electron chi connectivity index (χ2n) is 6.76. The van der Waals surface area contributed by atoms with E-state index in [2.05, 4.69) is 10.2 Å². The number of benzene rings is 1. The number of ether oxygens (including phenoxy) is 1. The van der Waals surface area contributed by atoms with Gasteiger partial charge in [-0.05, 0) is 48.9 Å². The molecule has 0 radical (unpaired) electrons. The van der Waals surface area contributed by atoms with Gasteiger partial charge < -0.3 is 15.4 Å². The third kappa shape index (κ3) is 3.12. The number of hydrogen-bond donors (Lipinski definition) is 2. The summed E-state index contributed by atoms with van der Waals surface area (Å²) in [6, 6.07) is 7.85. The lowest BCUT2D eigenvalue weighted by Crippen LogP contribution is -2.33. The van der Waals surface area contributed by atoms with Crippen LogP contribution in [0.25, 0.3) is 11.3 Å².